The van der Waals surface area contributed by atoms with Gasteiger partial charge in [-0.1, -0.05) is 47.6 Å². The average Bonchev–Trinajstić information content (AvgIpc) is 3.14. The Kier molecular flexibility index (Phi) is 5.58. The van der Waals surface area contributed by atoms with Crippen LogP contribution in [-0.2, 0) is 13.0 Å². The van der Waals surface area contributed by atoms with Crippen molar-refractivity contribution >= 4 is 5.69 Å². The van der Waals surface area contributed by atoms with Gasteiger partial charge in [-0.15, -0.1) is 0 Å². The van der Waals surface area contributed by atoms with E-state index in [4.69, 9.17) is 9.26 Å². The fourth-order valence-electron chi connectivity index (χ4n) is 3.62. The Labute approximate surface area is 165 Å². The minimum atomic E-state index is 0.103. The van der Waals surface area contributed by atoms with Crippen LogP contribution in [0.5, 0.6) is 5.75 Å². The smallest absolute Gasteiger partial charge is 0.240 e. The first kappa shape index (κ1) is 18.5. The fraction of sp³-hybridized carbons (Fsp3) is 0.364. The van der Waals surface area contributed by atoms with Gasteiger partial charge in [0.15, 0.2) is 5.82 Å². The molecule has 0 bridgehead atoms. The van der Waals surface area contributed by atoms with Crippen molar-refractivity contribution in [2.45, 2.75) is 26.0 Å². The molecule has 0 N–H and O–H groups in total. The summed E-state index contributed by atoms with van der Waals surface area (Å²) in [7, 11) is 2.06. The summed E-state index contributed by atoms with van der Waals surface area (Å²) in [4.78, 5) is 9.07. The Hall–Kier alpha value is -2.86. The number of hydrogen-bond donors (Lipinski definition) is 0. The molecule has 0 unspecified atom stereocenters. The number of hydrogen-bond acceptors (Lipinski definition) is 6. The van der Waals surface area contributed by atoms with E-state index in [9.17, 15) is 0 Å². The van der Waals surface area contributed by atoms with E-state index in [1.54, 1.807) is 0 Å². The summed E-state index contributed by atoms with van der Waals surface area (Å²) < 4.78 is 11.6. The molecule has 3 aromatic rings. The Balaban J connectivity index is 1.34. The molecule has 1 aliphatic rings. The zero-order chi connectivity index (χ0) is 19.3. The highest BCUT2D eigenvalue weighted by Crippen LogP contribution is 2.32. The van der Waals surface area contributed by atoms with E-state index in [2.05, 4.69) is 58.2 Å². The van der Waals surface area contributed by atoms with Gasteiger partial charge in [-0.3, -0.25) is 4.90 Å². The maximum atomic E-state index is 6.21. The molecule has 6 heteroatoms. The van der Waals surface area contributed by atoms with Gasteiger partial charge in [-0.2, -0.15) is 4.98 Å². The minimum absolute atomic E-state index is 0.103. The lowest BCUT2D eigenvalue weighted by Crippen LogP contribution is -2.45. The van der Waals surface area contributed by atoms with Crippen molar-refractivity contribution in [3.63, 3.8) is 0 Å². The van der Waals surface area contributed by atoms with Gasteiger partial charge in [0, 0.05) is 19.5 Å². The summed E-state index contributed by atoms with van der Waals surface area (Å²) in [6, 6.07) is 18.4. The number of anilines is 1. The molecule has 2 heterocycles. The molecule has 4 rings (SSSR count). The number of benzene rings is 2. The zero-order valence-corrected chi connectivity index (χ0v) is 16.4. The number of para-hydroxylation sites is 2. The number of ether oxygens (including phenoxy) is 1. The molecular formula is C22H26N4O2. The molecule has 1 aliphatic heterocycles. The van der Waals surface area contributed by atoms with Crippen LogP contribution < -0.4 is 9.64 Å². The third kappa shape index (κ3) is 4.34. The predicted octanol–water partition coefficient (Wildman–Crippen LogP) is 3.38. The summed E-state index contributed by atoms with van der Waals surface area (Å²) >= 11 is 0. The summed E-state index contributed by atoms with van der Waals surface area (Å²) in [5.41, 5.74) is 2.35. The number of nitrogens with zero attached hydrogens (tertiary/aromatic N) is 4. The summed E-state index contributed by atoms with van der Waals surface area (Å²) in [6.45, 7) is 5.42. The molecule has 28 heavy (non-hydrogen) atoms. The summed E-state index contributed by atoms with van der Waals surface area (Å²) in [5, 5.41) is 4.11. The van der Waals surface area contributed by atoms with Gasteiger partial charge in [0.25, 0.3) is 0 Å². The number of rotatable bonds is 7. The molecule has 0 saturated heterocycles. The van der Waals surface area contributed by atoms with E-state index in [0.717, 1.165) is 31.2 Å². The van der Waals surface area contributed by atoms with Gasteiger partial charge in [0.05, 0.1) is 18.8 Å². The molecule has 0 fully saturated rings. The van der Waals surface area contributed by atoms with Crippen molar-refractivity contribution < 1.29 is 9.26 Å². The first-order valence-corrected chi connectivity index (χ1v) is 9.76. The molecule has 6 nitrogen and oxygen atoms in total. The lowest BCUT2D eigenvalue weighted by molar-refractivity contribution is 0.133. The van der Waals surface area contributed by atoms with Crippen LogP contribution >= 0.6 is 0 Å². The second-order valence-electron chi connectivity index (χ2n) is 7.21. The van der Waals surface area contributed by atoms with Crippen molar-refractivity contribution in [2.24, 2.45) is 0 Å². The van der Waals surface area contributed by atoms with Crippen LogP contribution in [0, 0.1) is 0 Å². The van der Waals surface area contributed by atoms with E-state index < -0.39 is 0 Å². The maximum Gasteiger partial charge on any atom is 0.240 e. The molecule has 1 atom stereocenters. The first-order chi connectivity index (χ1) is 13.7. The number of likely N-dealkylation sites (N-methyl/N-ethyl adjacent to an activating group) is 2. The second kappa shape index (κ2) is 8.44. The van der Waals surface area contributed by atoms with Gasteiger partial charge < -0.3 is 14.2 Å². The highest BCUT2D eigenvalue weighted by Gasteiger charge is 2.25. The van der Waals surface area contributed by atoms with Crippen LogP contribution in [0.3, 0.4) is 0 Å². The van der Waals surface area contributed by atoms with Gasteiger partial charge in [-0.05, 0) is 31.7 Å². The van der Waals surface area contributed by atoms with E-state index >= 15 is 0 Å². The molecule has 0 amide bonds. The van der Waals surface area contributed by atoms with Crippen molar-refractivity contribution in [2.75, 3.05) is 31.6 Å². The predicted molar refractivity (Wildman–Crippen MR) is 109 cm³/mol. The van der Waals surface area contributed by atoms with Crippen LogP contribution in [0.2, 0.25) is 0 Å². The topological polar surface area (TPSA) is 54.6 Å². The third-order valence-corrected chi connectivity index (χ3v) is 4.94. The molecule has 0 aliphatic carbocycles. The standard InChI is InChI=1S/C22H26N4O2/c1-3-26-15-18(27-20-12-8-7-11-19(20)26)14-25(2)16-22-23-21(24-28-22)13-17-9-5-4-6-10-17/h4-12,18H,3,13-16H2,1-2H3/t18-/m0/s1. The molecule has 146 valence electrons. The van der Waals surface area contributed by atoms with E-state index in [1.807, 2.05) is 30.3 Å². The van der Waals surface area contributed by atoms with Crippen LogP contribution in [0.1, 0.15) is 24.2 Å². The Morgan fingerprint density at radius 2 is 1.89 bits per heavy atom. The maximum absolute atomic E-state index is 6.21. The quantitative estimate of drug-likeness (QED) is 0.628. The van der Waals surface area contributed by atoms with Gasteiger partial charge in [0.1, 0.15) is 11.9 Å². The summed E-state index contributed by atoms with van der Waals surface area (Å²) in [5.74, 6) is 2.31. The number of fused-ring (bicyclic) bond motifs is 1. The Morgan fingerprint density at radius 3 is 2.71 bits per heavy atom. The fourth-order valence-corrected chi connectivity index (χ4v) is 3.62. The van der Waals surface area contributed by atoms with Crippen molar-refractivity contribution in [1.29, 1.82) is 0 Å². The molecular weight excluding hydrogens is 352 g/mol. The van der Waals surface area contributed by atoms with Crippen molar-refractivity contribution in [3.8, 4) is 5.75 Å². The van der Waals surface area contributed by atoms with Crippen molar-refractivity contribution in [3.05, 3.63) is 71.9 Å². The Bertz CT molecular complexity index is 896. The highest BCUT2D eigenvalue weighted by molar-refractivity contribution is 5.60. The van der Waals surface area contributed by atoms with Crippen LogP contribution in [-0.4, -0.2) is 47.8 Å². The van der Waals surface area contributed by atoms with E-state index in [0.29, 0.717) is 18.9 Å². The molecule has 1 aromatic heterocycles. The zero-order valence-electron chi connectivity index (χ0n) is 16.4. The van der Waals surface area contributed by atoms with Gasteiger partial charge in [-0.25, -0.2) is 0 Å². The van der Waals surface area contributed by atoms with E-state index in [1.165, 1.54) is 11.3 Å². The molecule has 0 radical (unpaired) electrons. The van der Waals surface area contributed by atoms with E-state index in [-0.39, 0.29) is 6.10 Å². The SMILES string of the molecule is CCN1C[C@H](CN(C)Cc2nc(Cc3ccccc3)no2)Oc2ccccc21. The summed E-state index contributed by atoms with van der Waals surface area (Å²) in [6.07, 6.45) is 0.786. The average molecular weight is 378 g/mol. The lowest BCUT2D eigenvalue weighted by atomic mass is 10.1. The number of aromatic nitrogens is 2. The third-order valence-electron chi connectivity index (χ3n) is 4.94. The van der Waals surface area contributed by atoms with Crippen LogP contribution in [0.4, 0.5) is 5.69 Å². The molecule has 0 saturated carbocycles. The monoisotopic (exact) mass is 378 g/mol. The molecule has 2 aromatic carbocycles. The normalized spacial score (nSPS) is 16.1. The Morgan fingerprint density at radius 1 is 1.11 bits per heavy atom. The van der Waals surface area contributed by atoms with Gasteiger partial charge >= 0.3 is 0 Å². The second-order valence-corrected chi connectivity index (χ2v) is 7.21. The van der Waals surface area contributed by atoms with Crippen LogP contribution in [0.15, 0.2) is 59.1 Å². The lowest BCUT2D eigenvalue weighted by Gasteiger charge is -2.37. The van der Waals surface area contributed by atoms with Crippen LogP contribution in [0.25, 0.3) is 0 Å². The van der Waals surface area contributed by atoms with Gasteiger partial charge in [0.2, 0.25) is 5.89 Å². The molecule has 0 spiro atoms. The minimum Gasteiger partial charge on any atom is -0.485 e. The first-order valence-electron chi connectivity index (χ1n) is 9.76. The largest absolute Gasteiger partial charge is 0.485 e. The van der Waals surface area contributed by atoms with Crippen molar-refractivity contribution in [1.82, 2.24) is 15.0 Å². The highest BCUT2D eigenvalue weighted by atomic mass is 16.5.